The van der Waals surface area contributed by atoms with Gasteiger partial charge in [-0.3, -0.25) is 9.59 Å². The number of rotatable bonds is 5. The lowest BCUT2D eigenvalue weighted by molar-refractivity contribution is -0.130. The lowest BCUT2D eigenvalue weighted by Crippen LogP contribution is -2.40. The van der Waals surface area contributed by atoms with E-state index in [1.54, 1.807) is 16.8 Å². The van der Waals surface area contributed by atoms with Crippen LogP contribution in [0, 0.1) is 13.8 Å². The van der Waals surface area contributed by atoms with Crippen LogP contribution in [0.1, 0.15) is 23.6 Å². The lowest BCUT2D eigenvalue weighted by atomic mass is 10.1. The zero-order chi connectivity index (χ0) is 17.7. The van der Waals surface area contributed by atoms with Crippen molar-refractivity contribution >= 4 is 17.5 Å². The summed E-state index contributed by atoms with van der Waals surface area (Å²) in [5, 5.41) is 0. The van der Waals surface area contributed by atoms with Gasteiger partial charge < -0.3 is 9.80 Å². The van der Waals surface area contributed by atoms with Crippen molar-refractivity contribution in [1.29, 1.82) is 0 Å². The Hall–Kier alpha value is -2.62. The Morgan fingerprint density at radius 1 is 1.00 bits per heavy atom. The second-order valence-corrected chi connectivity index (χ2v) is 6.13. The molecule has 2 amide bonds. The molecule has 0 unspecified atom stereocenters. The van der Waals surface area contributed by atoms with Gasteiger partial charge in [-0.1, -0.05) is 42.5 Å². The summed E-state index contributed by atoms with van der Waals surface area (Å²) in [6.45, 7) is 5.99. The highest BCUT2D eigenvalue weighted by Gasteiger charge is 2.20. The number of nitrogens with zero attached hydrogens (tertiary/aromatic N) is 2. The normalized spacial score (nSPS) is 10.3. The summed E-state index contributed by atoms with van der Waals surface area (Å²) >= 11 is 0. The Morgan fingerprint density at radius 2 is 1.67 bits per heavy atom. The molecule has 0 saturated heterocycles. The largest absolute Gasteiger partial charge is 0.340 e. The Kier molecular flexibility index (Phi) is 5.74. The van der Waals surface area contributed by atoms with Gasteiger partial charge in [-0.15, -0.1) is 0 Å². The molecule has 0 heterocycles. The second kappa shape index (κ2) is 7.77. The summed E-state index contributed by atoms with van der Waals surface area (Å²) in [6.07, 6.45) is 0. The topological polar surface area (TPSA) is 40.6 Å². The van der Waals surface area contributed by atoms with E-state index in [1.807, 2.05) is 62.4 Å². The van der Waals surface area contributed by atoms with Crippen molar-refractivity contribution in [2.24, 2.45) is 0 Å². The Balaban J connectivity index is 2.14. The minimum atomic E-state index is -0.134. The molecule has 2 aromatic rings. The van der Waals surface area contributed by atoms with Gasteiger partial charge in [0.05, 0.1) is 0 Å². The van der Waals surface area contributed by atoms with Gasteiger partial charge in [-0.25, -0.2) is 0 Å². The van der Waals surface area contributed by atoms with E-state index in [0.29, 0.717) is 6.54 Å². The number of aryl methyl sites for hydroxylation is 2. The third-order valence-corrected chi connectivity index (χ3v) is 4.02. The molecular weight excluding hydrogens is 300 g/mol. The van der Waals surface area contributed by atoms with E-state index in [-0.39, 0.29) is 18.4 Å². The summed E-state index contributed by atoms with van der Waals surface area (Å²) in [5.74, 6) is -0.222. The summed E-state index contributed by atoms with van der Waals surface area (Å²) in [6, 6.07) is 15.7. The molecule has 2 rings (SSSR count). The molecule has 0 N–H and O–H groups in total. The zero-order valence-electron chi connectivity index (χ0n) is 14.7. The fraction of sp³-hybridized carbons (Fsp3) is 0.300. The summed E-state index contributed by atoms with van der Waals surface area (Å²) < 4.78 is 0. The lowest BCUT2D eigenvalue weighted by Gasteiger charge is -2.26. The maximum absolute atomic E-state index is 12.6. The van der Waals surface area contributed by atoms with E-state index in [1.165, 1.54) is 6.92 Å². The number of carbonyl (C=O) groups excluding carboxylic acids is 2. The molecule has 2 aromatic carbocycles. The summed E-state index contributed by atoms with van der Waals surface area (Å²) in [4.78, 5) is 27.8. The summed E-state index contributed by atoms with van der Waals surface area (Å²) in [7, 11) is 1.76. The first-order valence-electron chi connectivity index (χ1n) is 8.01. The van der Waals surface area contributed by atoms with E-state index in [2.05, 4.69) is 0 Å². The highest BCUT2D eigenvalue weighted by molar-refractivity contribution is 5.98. The van der Waals surface area contributed by atoms with Crippen LogP contribution in [0.5, 0.6) is 0 Å². The molecule has 0 aliphatic rings. The third kappa shape index (κ3) is 4.44. The molecular formula is C20H24N2O2. The maximum Gasteiger partial charge on any atom is 0.242 e. The third-order valence-electron chi connectivity index (χ3n) is 4.02. The van der Waals surface area contributed by atoms with Gasteiger partial charge in [0.2, 0.25) is 11.8 Å². The molecule has 0 aliphatic heterocycles. The number of hydrogen-bond donors (Lipinski definition) is 0. The van der Waals surface area contributed by atoms with Crippen LogP contribution in [0.4, 0.5) is 5.69 Å². The first-order chi connectivity index (χ1) is 11.4. The van der Waals surface area contributed by atoms with Gasteiger partial charge >= 0.3 is 0 Å². The quantitative estimate of drug-likeness (QED) is 0.846. The minimum Gasteiger partial charge on any atom is -0.340 e. The first kappa shape index (κ1) is 17.7. The van der Waals surface area contributed by atoms with Crippen LogP contribution in [-0.2, 0) is 16.1 Å². The summed E-state index contributed by atoms with van der Waals surface area (Å²) in [5.41, 5.74) is 3.90. The van der Waals surface area contributed by atoms with Gasteiger partial charge in [0.1, 0.15) is 6.54 Å². The smallest absolute Gasteiger partial charge is 0.242 e. The predicted octanol–water partition coefficient (Wildman–Crippen LogP) is 3.31. The van der Waals surface area contributed by atoms with E-state index < -0.39 is 0 Å². The Labute approximate surface area is 143 Å². The van der Waals surface area contributed by atoms with Crippen LogP contribution >= 0.6 is 0 Å². The number of hydrogen-bond acceptors (Lipinski definition) is 2. The molecule has 0 aromatic heterocycles. The fourth-order valence-corrected chi connectivity index (χ4v) is 2.58. The molecule has 4 nitrogen and oxygen atoms in total. The molecule has 0 radical (unpaired) electrons. The van der Waals surface area contributed by atoms with Crippen molar-refractivity contribution in [2.75, 3.05) is 18.5 Å². The molecule has 0 aliphatic carbocycles. The van der Waals surface area contributed by atoms with Crippen LogP contribution in [0.2, 0.25) is 0 Å². The molecule has 126 valence electrons. The average molecular weight is 324 g/mol. The molecule has 0 saturated carbocycles. The number of benzene rings is 2. The van der Waals surface area contributed by atoms with Crippen molar-refractivity contribution in [3.8, 4) is 0 Å². The van der Waals surface area contributed by atoms with Crippen LogP contribution in [-0.4, -0.2) is 30.3 Å². The van der Waals surface area contributed by atoms with Crippen molar-refractivity contribution in [1.82, 2.24) is 4.90 Å². The molecule has 24 heavy (non-hydrogen) atoms. The Morgan fingerprint density at radius 3 is 2.29 bits per heavy atom. The molecule has 0 bridgehead atoms. The number of amides is 2. The van der Waals surface area contributed by atoms with Crippen molar-refractivity contribution < 1.29 is 9.59 Å². The highest BCUT2D eigenvalue weighted by Crippen LogP contribution is 2.22. The highest BCUT2D eigenvalue weighted by atomic mass is 16.2. The van der Waals surface area contributed by atoms with Crippen LogP contribution in [0.3, 0.4) is 0 Å². The van der Waals surface area contributed by atoms with Crippen LogP contribution < -0.4 is 4.90 Å². The number of carbonyl (C=O) groups is 2. The van der Waals surface area contributed by atoms with Gasteiger partial charge in [-0.05, 0) is 36.6 Å². The van der Waals surface area contributed by atoms with Crippen LogP contribution in [0.25, 0.3) is 0 Å². The van der Waals surface area contributed by atoms with Gasteiger partial charge in [0.25, 0.3) is 0 Å². The molecule has 0 fully saturated rings. The maximum atomic E-state index is 12.6. The standard InChI is InChI=1S/C20H24N2O2/c1-15-10-11-16(2)19(12-15)22(17(3)23)14-20(24)21(4)13-18-8-6-5-7-9-18/h5-12H,13-14H2,1-4H3. The predicted molar refractivity (Wildman–Crippen MR) is 96.9 cm³/mol. The van der Waals surface area contributed by atoms with Crippen LogP contribution in [0.15, 0.2) is 48.5 Å². The monoisotopic (exact) mass is 324 g/mol. The zero-order valence-corrected chi connectivity index (χ0v) is 14.7. The Bertz CT molecular complexity index is 726. The second-order valence-electron chi connectivity index (χ2n) is 6.13. The van der Waals surface area contributed by atoms with Crippen molar-refractivity contribution in [3.63, 3.8) is 0 Å². The molecule has 4 heteroatoms. The van der Waals surface area contributed by atoms with E-state index in [4.69, 9.17) is 0 Å². The SMILES string of the molecule is CC(=O)N(CC(=O)N(C)Cc1ccccc1)c1cc(C)ccc1C. The average Bonchev–Trinajstić information content (AvgIpc) is 2.55. The molecule has 0 atom stereocenters. The fourth-order valence-electron chi connectivity index (χ4n) is 2.58. The van der Waals surface area contributed by atoms with E-state index >= 15 is 0 Å². The number of anilines is 1. The minimum absolute atomic E-state index is 0.0446. The van der Waals surface area contributed by atoms with Crippen molar-refractivity contribution in [2.45, 2.75) is 27.3 Å². The van der Waals surface area contributed by atoms with E-state index in [9.17, 15) is 9.59 Å². The van der Waals surface area contributed by atoms with Gasteiger partial charge in [0, 0.05) is 26.2 Å². The first-order valence-corrected chi connectivity index (χ1v) is 8.01. The van der Waals surface area contributed by atoms with Gasteiger partial charge in [0.15, 0.2) is 0 Å². The molecule has 0 spiro atoms. The van der Waals surface area contributed by atoms with Gasteiger partial charge in [-0.2, -0.15) is 0 Å². The van der Waals surface area contributed by atoms with Crippen molar-refractivity contribution in [3.05, 3.63) is 65.2 Å². The number of likely N-dealkylation sites (N-methyl/N-ethyl adjacent to an activating group) is 1. The van der Waals surface area contributed by atoms with E-state index in [0.717, 1.165) is 22.4 Å².